The molecule has 0 aromatic rings. The first kappa shape index (κ1) is 11.9. The molecule has 2 saturated heterocycles. The van der Waals surface area contributed by atoms with Crippen LogP contribution in [0.3, 0.4) is 0 Å². The first-order valence-corrected chi connectivity index (χ1v) is 6.41. The van der Waals surface area contributed by atoms with Crippen molar-refractivity contribution in [3.05, 3.63) is 0 Å². The summed E-state index contributed by atoms with van der Waals surface area (Å²) in [5.74, 6) is 0.334. The number of rotatable bonds is 2. The van der Waals surface area contributed by atoms with Crippen LogP contribution >= 0.6 is 0 Å². The molecule has 0 radical (unpaired) electrons. The highest BCUT2D eigenvalue weighted by Gasteiger charge is 2.42. The summed E-state index contributed by atoms with van der Waals surface area (Å²) in [5, 5.41) is 3.42. The molecule has 1 unspecified atom stereocenters. The first-order valence-electron chi connectivity index (χ1n) is 6.41. The van der Waals surface area contributed by atoms with Crippen molar-refractivity contribution < 1.29 is 4.79 Å². The van der Waals surface area contributed by atoms with E-state index in [4.69, 9.17) is 0 Å². The Morgan fingerprint density at radius 3 is 2.50 bits per heavy atom. The molecule has 2 aliphatic heterocycles. The van der Waals surface area contributed by atoms with Gasteiger partial charge in [0, 0.05) is 26.2 Å². The number of piperazine rings is 1. The summed E-state index contributed by atoms with van der Waals surface area (Å²) in [4.78, 5) is 16.8. The van der Waals surface area contributed by atoms with Gasteiger partial charge in [0.2, 0.25) is 5.91 Å². The maximum absolute atomic E-state index is 12.5. The van der Waals surface area contributed by atoms with Gasteiger partial charge in [-0.15, -0.1) is 0 Å². The Morgan fingerprint density at radius 2 is 2.00 bits per heavy atom. The fraction of sp³-hybridized carbons (Fsp3) is 0.917. The van der Waals surface area contributed by atoms with Crippen LogP contribution in [0.5, 0.6) is 0 Å². The molecule has 1 atom stereocenters. The molecule has 1 N–H and O–H groups in total. The van der Waals surface area contributed by atoms with Crippen molar-refractivity contribution in [2.75, 3.05) is 39.8 Å². The van der Waals surface area contributed by atoms with Crippen molar-refractivity contribution in [1.82, 2.24) is 15.1 Å². The van der Waals surface area contributed by atoms with Gasteiger partial charge in [0.05, 0.1) is 5.54 Å². The number of hydrogen-bond donors (Lipinski definition) is 1. The molecule has 1 amide bonds. The van der Waals surface area contributed by atoms with Crippen molar-refractivity contribution in [1.29, 1.82) is 0 Å². The molecule has 4 heteroatoms. The smallest absolute Gasteiger partial charge is 0.242 e. The fourth-order valence-corrected chi connectivity index (χ4v) is 2.75. The van der Waals surface area contributed by atoms with E-state index in [0.717, 1.165) is 52.0 Å². The second-order valence-electron chi connectivity index (χ2n) is 5.06. The quantitative estimate of drug-likeness (QED) is 0.734. The van der Waals surface area contributed by atoms with Gasteiger partial charge in [-0.25, -0.2) is 0 Å². The van der Waals surface area contributed by atoms with Gasteiger partial charge in [-0.05, 0) is 32.9 Å². The number of hydrogen-bond acceptors (Lipinski definition) is 3. The lowest BCUT2D eigenvalue weighted by atomic mass is 9.92. The maximum Gasteiger partial charge on any atom is 0.242 e. The Labute approximate surface area is 98.0 Å². The van der Waals surface area contributed by atoms with Crippen LogP contribution < -0.4 is 5.32 Å². The monoisotopic (exact) mass is 225 g/mol. The maximum atomic E-state index is 12.5. The van der Waals surface area contributed by atoms with E-state index in [0.29, 0.717) is 5.91 Å². The Hall–Kier alpha value is -0.610. The van der Waals surface area contributed by atoms with Gasteiger partial charge >= 0.3 is 0 Å². The summed E-state index contributed by atoms with van der Waals surface area (Å²) in [6, 6.07) is 0. The molecular weight excluding hydrogens is 202 g/mol. The standard InChI is InChI=1S/C12H23N3O/c1-3-12(5-4-6-13-12)11(16)15-9-7-14(2)8-10-15/h13H,3-10H2,1-2H3. The van der Waals surface area contributed by atoms with Gasteiger partial charge in [-0.1, -0.05) is 6.92 Å². The molecule has 4 nitrogen and oxygen atoms in total. The van der Waals surface area contributed by atoms with Gasteiger partial charge in [0.1, 0.15) is 0 Å². The molecule has 2 rings (SSSR count). The van der Waals surface area contributed by atoms with E-state index < -0.39 is 0 Å². The summed E-state index contributed by atoms with van der Waals surface area (Å²) < 4.78 is 0. The van der Waals surface area contributed by atoms with E-state index in [2.05, 4.69) is 24.2 Å². The lowest BCUT2D eigenvalue weighted by Gasteiger charge is -2.38. The van der Waals surface area contributed by atoms with Crippen molar-refractivity contribution in [3.63, 3.8) is 0 Å². The largest absolute Gasteiger partial charge is 0.339 e. The predicted molar refractivity (Wildman–Crippen MR) is 64.3 cm³/mol. The summed E-state index contributed by atoms with van der Waals surface area (Å²) >= 11 is 0. The van der Waals surface area contributed by atoms with Crippen molar-refractivity contribution in [3.8, 4) is 0 Å². The Bertz CT molecular complexity index is 253. The number of nitrogens with zero attached hydrogens (tertiary/aromatic N) is 2. The highest BCUT2D eigenvalue weighted by molar-refractivity contribution is 5.86. The minimum Gasteiger partial charge on any atom is -0.339 e. The van der Waals surface area contributed by atoms with E-state index >= 15 is 0 Å². The van der Waals surface area contributed by atoms with Crippen LogP contribution in [-0.4, -0.2) is 61.0 Å². The molecule has 0 aromatic heterocycles. The molecule has 16 heavy (non-hydrogen) atoms. The Balaban J connectivity index is 2.00. The summed E-state index contributed by atoms with van der Waals surface area (Å²) in [6.45, 7) is 6.90. The van der Waals surface area contributed by atoms with E-state index in [1.165, 1.54) is 0 Å². The first-order chi connectivity index (χ1) is 7.68. The molecule has 0 aliphatic carbocycles. The third-order valence-corrected chi connectivity index (χ3v) is 4.05. The van der Waals surface area contributed by atoms with Crippen LogP contribution in [0.2, 0.25) is 0 Å². The lowest BCUT2D eigenvalue weighted by Crippen LogP contribution is -2.58. The zero-order valence-corrected chi connectivity index (χ0v) is 10.5. The van der Waals surface area contributed by atoms with Crippen molar-refractivity contribution in [2.24, 2.45) is 0 Å². The fourth-order valence-electron chi connectivity index (χ4n) is 2.75. The van der Waals surface area contributed by atoms with Crippen LogP contribution in [0.1, 0.15) is 26.2 Å². The zero-order valence-electron chi connectivity index (χ0n) is 10.5. The summed E-state index contributed by atoms with van der Waals surface area (Å²) in [6.07, 6.45) is 3.06. The molecule has 2 heterocycles. The molecule has 2 aliphatic rings. The van der Waals surface area contributed by atoms with E-state index in [1.807, 2.05) is 4.90 Å². The van der Waals surface area contributed by atoms with Crippen LogP contribution in [0.4, 0.5) is 0 Å². The number of amides is 1. The van der Waals surface area contributed by atoms with Crippen LogP contribution in [0.15, 0.2) is 0 Å². The minimum atomic E-state index is -0.240. The van der Waals surface area contributed by atoms with Crippen molar-refractivity contribution >= 4 is 5.91 Å². The molecular formula is C12H23N3O. The van der Waals surface area contributed by atoms with Gasteiger partial charge in [0.25, 0.3) is 0 Å². The van der Waals surface area contributed by atoms with Crippen LogP contribution in [0, 0.1) is 0 Å². The molecule has 0 saturated carbocycles. The summed E-state index contributed by atoms with van der Waals surface area (Å²) in [7, 11) is 2.12. The average molecular weight is 225 g/mol. The Morgan fingerprint density at radius 1 is 1.31 bits per heavy atom. The minimum absolute atomic E-state index is 0.240. The SMILES string of the molecule is CCC1(C(=O)N2CCN(C)CC2)CCCN1. The second kappa shape index (κ2) is 4.72. The highest BCUT2D eigenvalue weighted by Crippen LogP contribution is 2.25. The molecule has 0 spiro atoms. The van der Waals surface area contributed by atoms with Gasteiger partial charge in [-0.3, -0.25) is 4.79 Å². The third kappa shape index (κ3) is 2.09. The van der Waals surface area contributed by atoms with E-state index in [9.17, 15) is 4.79 Å². The number of nitrogens with one attached hydrogen (secondary N) is 1. The van der Waals surface area contributed by atoms with Crippen LogP contribution in [-0.2, 0) is 4.79 Å². The zero-order chi connectivity index (χ0) is 11.6. The van der Waals surface area contributed by atoms with Gasteiger partial charge < -0.3 is 15.1 Å². The number of carbonyl (C=O) groups excluding carboxylic acids is 1. The second-order valence-corrected chi connectivity index (χ2v) is 5.06. The third-order valence-electron chi connectivity index (χ3n) is 4.05. The normalized spacial score (nSPS) is 32.0. The van der Waals surface area contributed by atoms with Gasteiger partial charge in [0.15, 0.2) is 0 Å². The van der Waals surface area contributed by atoms with Crippen LogP contribution in [0.25, 0.3) is 0 Å². The molecule has 0 bridgehead atoms. The molecule has 92 valence electrons. The average Bonchev–Trinajstić information content (AvgIpc) is 2.79. The van der Waals surface area contributed by atoms with E-state index in [1.54, 1.807) is 0 Å². The lowest BCUT2D eigenvalue weighted by molar-refractivity contribution is -0.139. The van der Waals surface area contributed by atoms with E-state index in [-0.39, 0.29) is 5.54 Å². The predicted octanol–water partition coefficient (Wildman–Crippen LogP) is 0.293. The molecule has 2 fully saturated rings. The number of likely N-dealkylation sites (N-methyl/N-ethyl adjacent to an activating group) is 1. The topological polar surface area (TPSA) is 35.6 Å². The van der Waals surface area contributed by atoms with Gasteiger partial charge in [-0.2, -0.15) is 0 Å². The molecule has 0 aromatic carbocycles. The highest BCUT2D eigenvalue weighted by atomic mass is 16.2. The number of carbonyl (C=O) groups is 1. The van der Waals surface area contributed by atoms with Crippen molar-refractivity contribution in [2.45, 2.75) is 31.7 Å². The summed E-state index contributed by atoms with van der Waals surface area (Å²) in [5.41, 5.74) is -0.240. The Kier molecular flexibility index (Phi) is 3.50.